The number of rotatable bonds is 0. The summed E-state index contributed by atoms with van der Waals surface area (Å²) < 4.78 is 41.1. The van der Waals surface area contributed by atoms with Crippen molar-refractivity contribution >= 4 is 112 Å². The lowest BCUT2D eigenvalue weighted by atomic mass is 10.4. The first-order valence-corrected chi connectivity index (χ1v) is 35.5. The summed E-state index contributed by atoms with van der Waals surface area (Å²) in [6.07, 6.45) is 63.1. The Balaban J connectivity index is 0.000000567. The predicted octanol–water partition coefficient (Wildman–Crippen LogP) is 11.5. The highest BCUT2D eigenvalue weighted by Crippen LogP contribution is 1.95. The van der Waals surface area contributed by atoms with Gasteiger partial charge in [0.05, 0.1) is 62.5 Å². The zero-order chi connectivity index (χ0) is 76.9. The number of aliphatic imine (C=N–C) groups is 4. The number of allylic oxidation sites excluding steroid dienone is 6. The van der Waals surface area contributed by atoms with Crippen LogP contribution in [-0.4, -0.2) is 174 Å². The van der Waals surface area contributed by atoms with Crippen molar-refractivity contribution in [3.63, 3.8) is 0 Å². The van der Waals surface area contributed by atoms with Gasteiger partial charge in [-0.1, -0.05) is 68.5 Å². The molecule has 0 aromatic carbocycles. The first-order chi connectivity index (χ1) is 53.7. The molecule has 6 aliphatic heterocycles. The maximum absolute atomic E-state index is 10.1. The van der Waals surface area contributed by atoms with Gasteiger partial charge in [0.15, 0.2) is 12.7 Å². The van der Waals surface area contributed by atoms with Crippen molar-refractivity contribution in [3.8, 4) is 0 Å². The van der Waals surface area contributed by atoms with E-state index >= 15 is 0 Å². The zero-order valence-electron chi connectivity index (χ0n) is 56.9. The fourth-order valence-corrected chi connectivity index (χ4v) is 6.61. The van der Waals surface area contributed by atoms with E-state index in [0.29, 0.717) is 0 Å². The van der Waals surface area contributed by atoms with Crippen LogP contribution in [0.3, 0.4) is 0 Å². The molecular formula is C62H72N30O10S6. The largest absolute Gasteiger partial charge is 0.473 e. The minimum atomic E-state index is -0.519. The Bertz CT molecular complexity index is 3140. The summed E-state index contributed by atoms with van der Waals surface area (Å²) in [5.41, 5.74) is 6.56. The van der Waals surface area contributed by atoms with Gasteiger partial charge in [-0.2, -0.15) is 41.2 Å². The number of aromatic nitrogens is 21. The number of amides is 1. The van der Waals surface area contributed by atoms with Crippen LogP contribution in [0, 0.1) is 0 Å². The minimum Gasteiger partial charge on any atom is -0.473 e. The number of furan rings is 1. The summed E-state index contributed by atoms with van der Waals surface area (Å²) in [4.78, 5) is 63.7. The zero-order valence-corrected chi connectivity index (χ0v) is 61.8. The summed E-state index contributed by atoms with van der Waals surface area (Å²) >= 11 is 8.97. The quantitative estimate of drug-likeness (QED) is 0.110. The summed E-state index contributed by atoms with van der Waals surface area (Å²) in [7, 11) is 0. The fraction of sp³-hybridized carbons (Fsp3) is 0.145. The van der Waals surface area contributed by atoms with Crippen molar-refractivity contribution in [3.05, 3.63) is 287 Å². The van der Waals surface area contributed by atoms with Gasteiger partial charge in [-0.15, -0.1) is 53.3 Å². The molecule has 0 radical (unpaired) electrons. The number of azo groups is 1. The average Bonchev–Trinajstić information content (AvgIpc) is 2.29. The molecule has 1 amide bonds. The lowest BCUT2D eigenvalue weighted by Crippen LogP contribution is -2.12. The molecule has 14 aromatic heterocycles. The monoisotopic (exact) mass is 1590 g/mol. The van der Waals surface area contributed by atoms with Crippen LogP contribution >= 0.6 is 68.6 Å². The number of nitrogens with zero attached hydrogens (tertiary/aromatic N) is 26. The number of hydrogen-bond donors (Lipinski definition) is 4. The number of nitrogens with one attached hydrogen (secondary N) is 4. The number of hydrogen-bond acceptors (Lipinski definition) is 42. The van der Waals surface area contributed by atoms with Gasteiger partial charge in [-0.25, -0.2) is 39.0 Å². The molecule has 1 fully saturated rings. The van der Waals surface area contributed by atoms with E-state index in [1.165, 1.54) is 122 Å². The van der Waals surface area contributed by atoms with E-state index < -0.39 is 5.76 Å². The molecule has 0 saturated carbocycles. The van der Waals surface area contributed by atoms with Gasteiger partial charge >= 0.3 is 11.4 Å². The minimum absolute atomic E-state index is 0.204. The lowest BCUT2D eigenvalue weighted by molar-refractivity contribution is -0.119. The Kier molecular flexibility index (Phi) is 72.0. The van der Waals surface area contributed by atoms with Gasteiger partial charge in [0.1, 0.15) is 60.6 Å². The highest BCUT2D eigenvalue weighted by Gasteiger charge is 2.05. The molecule has 0 bridgehead atoms. The number of oxazole rings is 1. The Labute approximate surface area is 639 Å². The molecule has 7 aliphatic rings. The molecule has 46 heteroatoms. The number of H-pyrrole nitrogens is 3. The Morgan fingerprint density at radius 2 is 1.33 bits per heavy atom. The molecule has 40 nitrogen and oxygen atoms in total. The van der Waals surface area contributed by atoms with Crippen LogP contribution in [0.25, 0.3) is 0 Å². The number of aromatic amines is 3. The maximum atomic E-state index is 10.1. The molecular weight excluding hydrogens is 1520 g/mol. The van der Waals surface area contributed by atoms with Crippen molar-refractivity contribution in [2.24, 2.45) is 40.4 Å². The Hall–Kier alpha value is -13.6. The van der Waals surface area contributed by atoms with Crippen molar-refractivity contribution in [1.29, 1.82) is 0 Å². The van der Waals surface area contributed by atoms with Crippen LogP contribution in [0.4, 0.5) is 0 Å². The third kappa shape index (κ3) is 81.4. The van der Waals surface area contributed by atoms with Crippen LogP contribution in [-0.2, 0) is 4.79 Å². The second-order valence-corrected chi connectivity index (χ2v) is 20.6. The first-order valence-electron chi connectivity index (χ1n) is 30.2. The van der Waals surface area contributed by atoms with Crippen molar-refractivity contribution in [2.45, 2.75) is 32.1 Å². The summed E-state index contributed by atoms with van der Waals surface area (Å²) in [6.45, 7) is 3.33. The molecule has 0 spiro atoms. The summed E-state index contributed by atoms with van der Waals surface area (Å²) in [6, 6.07) is 11.3. The molecule has 0 atom stereocenters. The topological polar surface area (TPSA) is 533 Å². The molecule has 1 saturated heterocycles. The molecule has 20 heterocycles. The number of carbonyl (C=O) groups excluding carboxylic acids is 1. The van der Waals surface area contributed by atoms with E-state index in [9.17, 15) is 14.4 Å². The van der Waals surface area contributed by atoms with Crippen LogP contribution in [0.1, 0.15) is 32.1 Å². The highest BCUT2D eigenvalue weighted by atomic mass is 32.1. The Morgan fingerprint density at radius 1 is 0.472 bits per heavy atom. The van der Waals surface area contributed by atoms with Gasteiger partial charge in [-0.05, 0) is 94.6 Å². The molecule has 14 aromatic rings. The highest BCUT2D eigenvalue weighted by molar-refractivity contribution is 7.08. The predicted molar refractivity (Wildman–Crippen MR) is 411 cm³/mol. The second kappa shape index (κ2) is 84.1. The third-order valence-electron chi connectivity index (χ3n) is 8.69. The van der Waals surface area contributed by atoms with Gasteiger partial charge in [0, 0.05) is 103 Å². The number of thiophene rings is 1. The molecule has 21 rings (SSSR count). The van der Waals surface area contributed by atoms with Gasteiger partial charge in [0.2, 0.25) is 25.1 Å². The first kappa shape index (κ1) is 92.4. The average molecular weight is 1590 g/mol. The van der Waals surface area contributed by atoms with E-state index in [-0.39, 0.29) is 11.6 Å². The molecule has 0 unspecified atom stereocenters. The smallest absolute Gasteiger partial charge is 0.438 e. The third-order valence-corrected chi connectivity index (χ3v) is 11.7. The van der Waals surface area contributed by atoms with E-state index in [1.54, 1.807) is 138 Å². The van der Waals surface area contributed by atoms with Crippen LogP contribution in [0.15, 0.2) is 347 Å². The second-order valence-electron chi connectivity index (χ2n) is 16.3. The Morgan fingerprint density at radius 3 is 1.53 bits per heavy atom. The van der Waals surface area contributed by atoms with E-state index in [1.807, 2.05) is 87.8 Å². The van der Waals surface area contributed by atoms with E-state index in [0.717, 1.165) is 58.3 Å². The van der Waals surface area contributed by atoms with E-state index in [2.05, 4.69) is 206 Å². The fourth-order valence-electron chi connectivity index (χ4n) is 4.64. The van der Waals surface area contributed by atoms with E-state index in [4.69, 9.17) is 0 Å². The number of carbonyl (C=O) groups is 1. The standard InChI is InChI=1S/C5H6.C4H7NO.2C4H5N.C4H4O.C4H4S.3C3H4N2.2C3H3NO.2C3H3NS.C2H3N3O.C2H2N2O2.3C2H2N2O.3C2H2N2S/c1-2-4-5-3-1;6-4-2-1-3-5-4;4*1-2-4-5-3-1;1-2-5-3-4-1;2*1-2-4-5-3-1;1-2-5-3-4-1;1-2-4-5-3-1;1-2-5-3-4-1;1-2-4-5-3-1;6-2-3-1-4-5-2;5-2-3-1-4-6-2;1-3-4-2-5-1;1-3-2-5-4-1;1-2-5-4-3-1;1-3-4-2-5-1;1-3-2-5-4-1;1-2-5-4-3-1/h1-4H,5H2;1-3H2,(H,5,6);1,3-4H,2H2;1-3H,4H2;2*1-4H;1,3H,2H2;2-3H,1H2;1-2H,3H2;4*1-3H;1H,(H2,3,4,5,6);1H,(H,3,4,5);6*1-2H. The molecule has 4 N–H and O–H groups in total. The molecule has 108 heavy (non-hydrogen) atoms. The summed E-state index contributed by atoms with van der Waals surface area (Å²) in [5, 5.41) is 65.2. The normalized spacial score (nSPS) is 11.5. The van der Waals surface area contributed by atoms with Crippen LogP contribution in [0.5, 0.6) is 0 Å². The van der Waals surface area contributed by atoms with Crippen molar-refractivity contribution in [1.82, 2.24) is 110 Å². The maximum Gasteiger partial charge on any atom is 0.438 e. The van der Waals surface area contributed by atoms with Gasteiger partial charge < -0.3 is 32.1 Å². The van der Waals surface area contributed by atoms with Gasteiger partial charge in [0.25, 0.3) is 0 Å². The number of thiazole rings is 1. The summed E-state index contributed by atoms with van der Waals surface area (Å²) in [5.74, 6) is -0.315. The van der Waals surface area contributed by atoms with Crippen molar-refractivity contribution < 1.29 is 36.1 Å². The van der Waals surface area contributed by atoms with Crippen molar-refractivity contribution in [2.75, 3.05) is 26.2 Å². The SMILES string of the molecule is C1=CCC=C1.C1=CCN=C1.C1=CN=CC1.C1=CN=NC1.C1=NC=NC1.C1=NN=CC1.O=C1CCCN1.O=c1[nH]cn[nH]1.O=c1[nH]cno1.c1ccoc1.c1ccsc1.c1cnoc1.c1cnsc1.c1cocn1.c1conn1.c1cscn1.c1csnn1.c1ncon1.c1ncsn1.c1nnco1.c1nncs1. The lowest BCUT2D eigenvalue weighted by Gasteiger charge is -1.80. The molecule has 1 aliphatic carbocycles. The van der Waals surface area contributed by atoms with Crippen LogP contribution < -0.4 is 16.8 Å². The molecule has 566 valence electrons. The van der Waals surface area contributed by atoms with Gasteiger partial charge in [-0.3, -0.25) is 39.2 Å². The van der Waals surface area contributed by atoms with Crippen LogP contribution in [0.2, 0.25) is 0 Å².